The van der Waals surface area contributed by atoms with Crippen molar-refractivity contribution in [1.29, 1.82) is 0 Å². The Bertz CT molecular complexity index is 1650. The smallest absolute Gasteiger partial charge is 0.254 e. The lowest BCUT2D eigenvalue weighted by Gasteiger charge is -2.16. The molecule has 0 unspecified atom stereocenters. The van der Waals surface area contributed by atoms with Crippen molar-refractivity contribution in [3.63, 3.8) is 0 Å². The minimum Gasteiger partial charge on any atom is -0.497 e. The number of nitrogens with two attached hydrogens (primary N) is 1. The molecule has 0 aliphatic heterocycles. The van der Waals surface area contributed by atoms with Crippen LogP contribution in [-0.2, 0) is 9.84 Å². The number of methoxy groups -OCH3 is 1. The van der Waals surface area contributed by atoms with Crippen LogP contribution in [0, 0.1) is 6.92 Å². The largest absolute Gasteiger partial charge is 0.497 e. The number of sulfone groups is 1. The Morgan fingerprint density at radius 3 is 2.46 bits per heavy atom. The van der Waals surface area contributed by atoms with Crippen molar-refractivity contribution in [2.45, 2.75) is 16.7 Å². The number of ether oxygens (including phenoxy) is 1. The Morgan fingerprint density at radius 1 is 1.03 bits per heavy atom. The number of pyridine rings is 2. The van der Waals surface area contributed by atoms with Crippen molar-refractivity contribution in [3.8, 4) is 5.75 Å². The third-order valence-corrected chi connectivity index (χ3v) is 7.43. The maximum Gasteiger partial charge on any atom is 0.254 e. The number of hydrogen-bond acceptors (Lipinski definition) is 8. The van der Waals surface area contributed by atoms with E-state index < -0.39 is 15.7 Å². The predicted octanol–water partition coefficient (Wildman–Crippen LogP) is 3.32. The third kappa shape index (κ3) is 4.94. The van der Waals surface area contributed by atoms with Crippen LogP contribution in [0.15, 0.2) is 70.8 Å². The maximum absolute atomic E-state index is 13.6. The fourth-order valence-corrected chi connectivity index (χ4v) is 5.20. The van der Waals surface area contributed by atoms with Gasteiger partial charge in [0.05, 0.1) is 39.2 Å². The van der Waals surface area contributed by atoms with Crippen molar-refractivity contribution in [1.82, 2.24) is 14.9 Å². The molecule has 3 N–H and O–H groups in total. The van der Waals surface area contributed by atoms with Crippen molar-refractivity contribution in [2.75, 3.05) is 26.5 Å². The first-order chi connectivity index (χ1) is 17.5. The number of nitrogens with zero attached hydrogens (tertiary/aromatic N) is 3. The van der Waals surface area contributed by atoms with Gasteiger partial charge in [-0.3, -0.25) is 19.6 Å². The Morgan fingerprint density at radius 2 is 1.78 bits per heavy atom. The van der Waals surface area contributed by atoms with E-state index in [2.05, 4.69) is 15.3 Å². The topological polar surface area (TPSA) is 145 Å². The van der Waals surface area contributed by atoms with E-state index in [1.54, 1.807) is 45.3 Å². The van der Waals surface area contributed by atoms with Crippen LogP contribution in [0.4, 0.5) is 11.4 Å². The Hall–Kier alpha value is -4.51. The summed E-state index contributed by atoms with van der Waals surface area (Å²) in [5.74, 6) is -0.521. The summed E-state index contributed by atoms with van der Waals surface area (Å²) >= 11 is 0. The van der Waals surface area contributed by atoms with E-state index in [0.29, 0.717) is 33.6 Å². The summed E-state index contributed by atoms with van der Waals surface area (Å²) in [7, 11) is 0.573. The minimum atomic E-state index is -4.09. The lowest BCUT2D eigenvalue weighted by molar-refractivity contribution is 0.0826. The summed E-state index contributed by atoms with van der Waals surface area (Å²) < 4.78 is 32.5. The summed E-state index contributed by atoms with van der Waals surface area (Å²) in [6, 6.07) is 11.2. The second kappa shape index (κ2) is 9.86. The molecule has 4 rings (SSSR count). The lowest BCUT2D eigenvalue weighted by Crippen LogP contribution is -2.22. The number of primary amides is 1. The number of fused-ring (bicyclic) bond motifs is 1. The van der Waals surface area contributed by atoms with Gasteiger partial charge in [0, 0.05) is 49.8 Å². The van der Waals surface area contributed by atoms with Crippen molar-refractivity contribution in [3.05, 3.63) is 77.7 Å². The number of carbonyl (C=O) groups excluding carboxylic acids is 2. The van der Waals surface area contributed by atoms with Gasteiger partial charge >= 0.3 is 0 Å². The SMILES string of the molecule is COc1cccc(Nc2c(C(N)=O)cnc3c(C)cc(S(=O)(=O)c4cncc(C(=O)N(C)C)c4)cc23)c1. The van der Waals surface area contributed by atoms with Crippen LogP contribution in [0.25, 0.3) is 10.9 Å². The number of anilines is 2. The highest BCUT2D eigenvalue weighted by Crippen LogP contribution is 2.34. The molecule has 4 aromatic rings. The highest BCUT2D eigenvalue weighted by molar-refractivity contribution is 7.91. The Labute approximate surface area is 214 Å². The van der Waals surface area contributed by atoms with Crippen LogP contribution in [0.2, 0.25) is 0 Å². The Kier molecular flexibility index (Phi) is 6.82. The average molecular weight is 520 g/mol. The zero-order chi connectivity index (χ0) is 26.9. The maximum atomic E-state index is 13.6. The molecule has 10 nitrogen and oxygen atoms in total. The van der Waals surface area contributed by atoms with Crippen LogP contribution in [0.1, 0.15) is 26.3 Å². The zero-order valence-corrected chi connectivity index (χ0v) is 21.5. The van der Waals surface area contributed by atoms with Gasteiger partial charge in [-0.25, -0.2) is 8.42 Å². The molecule has 0 aliphatic rings. The molecule has 190 valence electrons. The highest BCUT2D eigenvalue weighted by Gasteiger charge is 2.24. The molecule has 37 heavy (non-hydrogen) atoms. The molecule has 0 radical (unpaired) electrons. The van der Waals surface area contributed by atoms with Crippen LogP contribution in [0.5, 0.6) is 5.75 Å². The summed E-state index contributed by atoms with van der Waals surface area (Å²) in [4.78, 5) is 34.1. The highest BCUT2D eigenvalue weighted by atomic mass is 32.2. The summed E-state index contributed by atoms with van der Waals surface area (Å²) in [6.07, 6.45) is 3.86. The van der Waals surface area contributed by atoms with Crippen LogP contribution in [-0.4, -0.2) is 56.3 Å². The molecule has 2 amide bonds. The molecule has 0 saturated carbocycles. The van der Waals surface area contributed by atoms with E-state index in [0.717, 1.165) is 0 Å². The van der Waals surface area contributed by atoms with Crippen LogP contribution >= 0.6 is 0 Å². The van der Waals surface area contributed by atoms with Crippen molar-refractivity contribution >= 4 is 43.9 Å². The molecule has 0 fully saturated rings. The molecule has 0 atom stereocenters. The average Bonchev–Trinajstić information content (AvgIpc) is 2.88. The first-order valence-electron chi connectivity index (χ1n) is 11.1. The van der Waals surface area contributed by atoms with Crippen molar-refractivity contribution < 1.29 is 22.7 Å². The van der Waals surface area contributed by atoms with Gasteiger partial charge in [-0.05, 0) is 42.8 Å². The lowest BCUT2D eigenvalue weighted by atomic mass is 10.1. The number of aryl methyl sites for hydroxylation is 1. The first kappa shape index (κ1) is 25.6. The van der Waals surface area contributed by atoms with Crippen LogP contribution in [0.3, 0.4) is 0 Å². The fourth-order valence-electron chi connectivity index (χ4n) is 3.85. The van der Waals surface area contributed by atoms with E-state index >= 15 is 0 Å². The molecule has 0 saturated heterocycles. The van der Waals surface area contributed by atoms with Gasteiger partial charge in [-0.1, -0.05) is 6.07 Å². The van der Waals surface area contributed by atoms with E-state index in [-0.39, 0.29) is 26.8 Å². The number of hydrogen-bond donors (Lipinski definition) is 2. The Balaban J connectivity index is 1.92. The standard InChI is InChI=1S/C26H25N5O5S/c1-15-8-19(37(34,35)20-9-16(12-28-13-20)26(33)31(2)3)11-21-23(15)29-14-22(25(27)32)24(21)30-17-6-5-7-18(10-17)36-4/h5-14H,1-4H3,(H2,27,32)(H,29,30). The number of amides is 2. The number of nitrogens with one attached hydrogen (secondary N) is 1. The van der Waals surface area contributed by atoms with E-state index in [4.69, 9.17) is 10.5 Å². The molecule has 2 heterocycles. The van der Waals surface area contributed by atoms with Gasteiger partial charge in [-0.2, -0.15) is 0 Å². The molecule has 2 aromatic heterocycles. The summed E-state index contributed by atoms with van der Waals surface area (Å²) in [5.41, 5.74) is 7.82. The van der Waals surface area contributed by atoms with Crippen LogP contribution < -0.4 is 15.8 Å². The van der Waals surface area contributed by atoms with Gasteiger partial charge in [0.15, 0.2) is 0 Å². The zero-order valence-electron chi connectivity index (χ0n) is 20.6. The predicted molar refractivity (Wildman–Crippen MR) is 139 cm³/mol. The van der Waals surface area contributed by atoms with Gasteiger partial charge in [0.2, 0.25) is 9.84 Å². The second-order valence-corrected chi connectivity index (χ2v) is 10.5. The molecule has 0 aliphatic carbocycles. The first-order valence-corrected chi connectivity index (χ1v) is 12.6. The minimum absolute atomic E-state index is 0.0501. The molecular weight excluding hydrogens is 494 g/mol. The molecule has 0 spiro atoms. The number of rotatable bonds is 7. The quantitative estimate of drug-likeness (QED) is 0.378. The third-order valence-electron chi connectivity index (χ3n) is 5.73. The molecule has 11 heteroatoms. The van der Waals surface area contributed by atoms with Crippen molar-refractivity contribution in [2.24, 2.45) is 5.73 Å². The van der Waals surface area contributed by atoms with E-state index in [1.807, 2.05) is 0 Å². The number of benzene rings is 2. The number of carbonyl (C=O) groups is 2. The number of aromatic nitrogens is 2. The summed E-state index contributed by atoms with van der Waals surface area (Å²) in [6.45, 7) is 1.72. The second-order valence-electron chi connectivity index (χ2n) is 8.52. The monoisotopic (exact) mass is 519 g/mol. The molecule has 0 bridgehead atoms. The van der Waals surface area contributed by atoms with Gasteiger partial charge in [0.25, 0.3) is 11.8 Å². The van der Waals surface area contributed by atoms with Gasteiger partial charge < -0.3 is 20.7 Å². The summed E-state index contributed by atoms with van der Waals surface area (Å²) in [5, 5.41) is 3.56. The fraction of sp³-hybridized carbons (Fsp3) is 0.154. The molecule has 2 aromatic carbocycles. The van der Waals surface area contributed by atoms with Gasteiger partial charge in [0.1, 0.15) is 5.75 Å². The normalized spacial score (nSPS) is 11.2. The molecular formula is C26H25N5O5S. The van der Waals surface area contributed by atoms with Gasteiger partial charge in [-0.15, -0.1) is 0 Å². The van der Waals surface area contributed by atoms with E-state index in [1.165, 1.54) is 48.8 Å². The van der Waals surface area contributed by atoms with E-state index in [9.17, 15) is 18.0 Å².